The SMILES string of the molecule is CCC(CC)(CC)NCCC(C)CN. The van der Waals surface area contributed by atoms with Crippen LogP contribution in [-0.4, -0.2) is 18.6 Å². The number of nitrogens with one attached hydrogen (secondary N) is 1. The van der Waals surface area contributed by atoms with Gasteiger partial charge < -0.3 is 11.1 Å². The lowest BCUT2D eigenvalue weighted by Gasteiger charge is -2.32. The lowest BCUT2D eigenvalue weighted by Crippen LogP contribution is -2.44. The molecule has 0 rings (SSSR count). The summed E-state index contributed by atoms with van der Waals surface area (Å²) in [7, 11) is 0. The molecule has 0 aromatic carbocycles. The van der Waals surface area contributed by atoms with Crippen molar-refractivity contribution in [3.05, 3.63) is 0 Å². The molecule has 3 N–H and O–H groups in total. The molecule has 1 unspecified atom stereocenters. The summed E-state index contributed by atoms with van der Waals surface area (Å²) in [5.74, 6) is 0.644. The fraction of sp³-hybridized carbons (Fsp3) is 1.00. The molecule has 0 saturated carbocycles. The van der Waals surface area contributed by atoms with E-state index < -0.39 is 0 Å². The Labute approximate surface area is 89.6 Å². The Morgan fingerprint density at radius 1 is 1.14 bits per heavy atom. The largest absolute Gasteiger partial charge is 0.330 e. The second-order valence-electron chi connectivity index (χ2n) is 4.40. The van der Waals surface area contributed by atoms with E-state index in [-0.39, 0.29) is 0 Å². The zero-order valence-corrected chi connectivity index (χ0v) is 10.4. The van der Waals surface area contributed by atoms with Gasteiger partial charge in [-0.25, -0.2) is 0 Å². The summed E-state index contributed by atoms with van der Waals surface area (Å²) in [5.41, 5.74) is 5.96. The third-order valence-corrected chi connectivity index (χ3v) is 3.57. The van der Waals surface area contributed by atoms with E-state index in [2.05, 4.69) is 33.0 Å². The third-order valence-electron chi connectivity index (χ3n) is 3.57. The molecule has 0 aliphatic rings. The molecule has 0 saturated heterocycles. The van der Waals surface area contributed by atoms with Crippen molar-refractivity contribution in [3.63, 3.8) is 0 Å². The molecular weight excluding hydrogens is 172 g/mol. The normalized spacial score (nSPS) is 14.4. The number of rotatable bonds is 8. The van der Waals surface area contributed by atoms with Crippen molar-refractivity contribution in [2.24, 2.45) is 11.7 Å². The Morgan fingerprint density at radius 3 is 2.00 bits per heavy atom. The van der Waals surface area contributed by atoms with Gasteiger partial charge in [0, 0.05) is 5.54 Å². The van der Waals surface area contributed by atoms with Crippen LogP contribution in [0.5, 0.6) is 0 Å². The summed E-state index contributed by atoms with van der Waals surface area (Å²) >= 11 is 0. The minimum Gasteiger partial charge on any atom is -0.330 e. The van der Waals surface area contributed by atoms with Gasteiger partial charge in [-0.3, -0.25) is 0 Å². The van der Waals surface area contributed by atoms with Gasteiger partial charge in [0.05, 0.1) is 0 Å². The second kappa shape index (κ2) is 7.24. The van der Waals surface area contributed by atoms with Crippen LogP contribution in [0.4, 0.5) is 0 Å². The van der Waals surface area contributed by atoms with Crippen molar-refractivity contribution in [2.45, 2.75) is 58.9 Å². The second-order valence-corrected chi connectivity index (χ2v) is 4.40. The van der Waals surface area contributed by atoms with Crippen LogP contribution in [0.1, 0.15) is 53.4 Å². The van der Waals surface area contributed by atoms with Crippen LogP contribution in [0.25, 0.3) is 0 Å². The molecule has 0 aliphatic carbocycles. The molecule has 0 heterocycles. The highest BCUT2D eigenvalue weighted by molar-refractivity contribution is 4.83. The molecule has 0 fully saturated rings. The van der Waals surface area contributed by atoms with Crippen LogP contribution in [0.2, 0.25) is 0 Å². The van der Waals surface area contributed by atoms with Crippen LogP contribution < -0.4 is 11.1 Å². The van der Waals surface area contributed by atoms with Crippen molar-refractivity contribution in [1.29, 1.82) is 0 Å². The maximum absolute atomic E-state index is 5.59. The smallest absolute Gasteiger partial charge is 0.0173 e. The molecule has 14 heavy (non-hydrogen) atoms. The van der Waals surface area contributed by atoms with Crippen LogP contribution in [-0.2, 0) is 0 Å². The van der Waals surface area contributed by atoms with Crippen molar-refractivity contribution >= 4 is 0 Å². The van der Waals surface area contributed by atoms with Crippen LogP contribution in [0, 0.1) is 5.92 Å². The molecule has 0 spiro atoms. The molecule has 0 aromatic rings. The zero-order valence-electron chi connectivity index (χ0n) is 10.4. The minimum absolute atomic E-state index is 0.369. The standard InChI is InChI=1S/C12H28N2/c1-5-12(6-2,7-3)14-9-8-11(4)10-13/h11,14H,5-10,13H2,1-4H3. The van der Waals surface area contributed by atoms with Crippen molar-refractivity contribution < 1.29 is 0 Å². The molecule has 1 atom stereocenters. The topological polar surface area (TPSA) is 38.0 Å². The maximum Gasteiger partial charge on any atom is 0.0173 e. The number of hydrogen-bond acceptors (Lipinski definition) is 2. The van der Waals surface area contributed by atoms with Gasteiger partial charge in [0.2, 0.25) is 0 Å². The van der Waals surface area contributed by atoms with Crippen molar-refractivity contribution in [3.8, 4) is 0 Å². The Kier molecular flexibility index (Phi) is 7.20. The molecule has 2 nitrogen and oxygen atoms in total. The Bertz CT molecular complexity index is 122. The van der Waals surface area contributed by atoms with Gasteiger partial charge >= 0.3 is 0 Å². The molecule has 0 aromatic heterocycles. The van der Waals surface area contributed by atoms with E-state index in [1.54, 1.807) is 0 Å². The van der Waals surface area contributed by atoms with E-state index in [0.717, 1.165) is 13.1 Å². The fourth-order valence-electron chi connectivity index (χ4n) is 1.83. The van der Waals surface area contributed by atoms with Crippen molar-refractivity contribution in [1.82, 2.24) is 5.32 Å². The average molecular weight is 200 g/mol. The van der Waals surface area contributed by atoms with E-state index >= 15 is 0 Å². The fourth-order valence-corrected chi connectivity index (χ4v) is 1.83. The molecule has 0 radical (unpaired) electrons. The highest BCUT2D eigenvalue weighted by Gasteiger charge is 2.22. The van der Waals surface area contributed by atoms with Crippen LogP contribution in [0.3, 0.4) is 0 Å². The molecule has 0 aliphatic heterocycles. The monoisotopic (exact) mass is 200 g/mol. The first-order valence-corrected chi connectivity index (χ1v) is 6.09. The Hall–Kier alpha value is -0.0800. The van der Waals surface area contributed by atoms with Crippen molar-refractivity contribution in [2.75, 3.05) is 13.1 Å². The minimum atomic E-state index is 0.369. The number of nitrogens with two attached hydrogens (primary N) is 1. The highest BCUT2D eigenvalue weighted by atomic mass is 15.0. The van der Waals surface area contributed by atoms with E-state index in [1.165, 1.54) is 25.7 Å². The first-order chi connectivity index (χ1) is 6.64. The van der Waals surface area contributed by atoms with Gasteiger partial charge in [0.25, 0.3) is 0 Å². The lowest BCUT2D eigenvalue weighted by molar-refractivity contribution is 0.282. The van der Waals surface area contributed by atoms with Crippen LogP contribution >= 0.6 is 0 Å². The summed E-state index contributed by atoms with van der Waals surface area (Å²) in [4.78, 5) is 0. The van der Waals surface area contributed by atoms with Gasteiger partial charge in [0.1, 0.15) is 0 Å². The summed E-state index contributed by atoms with van der Waals surface area (Å²) in [5, 5.41) is 3.69. The van der Waals surface area contributed by atoms with Gasteiger partial charge in [-0.1, -0.05) is 27.7 Å². The molecule has 86 valence electrons. The first-order valence-electron chi connectivity index (χ1n) is 6.09. The Balaban J connectivity index is 3.82. The van der Waals surface area contributed by atoms with E-state index in [1.807, 2.05) is 0 Å². The summed E-state index contributed by atoms with van der Waals surface area (Å²) in [6.07, 6.45) is 4.85. The molecule has 2 heteroatoms. The van der Waals surface area contributed by atoms with Gasteiger partial charge in [-0.05, 0) is 44.7 Å². The van der Waals surface area contributed by atoms with Crippen LogP contribution in [0.15, 0.2) is 0 Å². The van der Waals surface area contributed by atoms with E-state index in [9.17, 15) is 0 Å². The molecule has 0 amide bonds. The van der Waals surface area contributed by atoms with E-state index in [0.29, 0.717) is 11.5 Å². The Morgan fingerprint density at radius 2 is 1.64 bits per heavy atom. The number of hydrogen-bond donors (Lipinski definition) is 2. The van der Waals surface area contributed by atoms with Gasteiger partial charge in [-0.2, -0.15) is 0 Å². The predicted molar refractivity (Wildman–Crippen MR) is 64.4 cm³/mol. The lowest BCUT2D eigenvalue weighted by atomic mass is 9.89. The summed E-state index contributed by atoms with van der Waals surface area (Å²) < 4.78 is 0. The quantitative estimate of drug-likeness (QED) is 0.632. The summed E-state index contributed by atoms with van der Waals surface area (Å²) in [6.45, 7) is 10.9. The van der Waals surface area contributed by atoms with Gasteiger partial charge in [-0.15, -0.1) is 0 Å². The first kappa shape index (κ1) is 13.9. The summed E-state index contributed by atoms with van der Waals surface area (Å²) in [6, 6.07) is 0. The molecular formula is C12H28N2. The highest BCUT2D eigenvalue weighted by Crippen LogP contribution is 2.19. The molecule has 0 bridgehead atoms. The maximum atomic E-state index is 5.59. The zero-order chi connectivity index (χ0) is 11.0. The average Bonchev–Trinajstić information content (AvgIpc) is 2.25. The third kappa shape index (κ3) is 4.43. The van der Waals surface area contributed by atoms with E-state index in [4.69, 9.17) is 5.73 Å². The predicted octanol–water partition coefficient (Wildman–Crippen LogP) is 2.53. The van der Waals surface area contributed by atoms with Gasteiger partial charge in [0.15, 0.2) is 0 Å².